The minimum Gasteiger partial charge on any atom is -0.344 e. The van der Waals surface area contributed by atoms with Crippen LogP contribution in [0.3, 0.4) is 0 Å². The summed E-state index contributed by atoms with van der Waals surface area (Å²) in [4.78, 5) is 23.0. The average molecular weight is 311 g/mol. The van der Waals surface area contributed by atoms with E-state index in [0.29, 0.717) is 12.8 Å². The molecule has 0 bridgehead atoms. The summed E-state index contributed by atoms with van der Waals surface area (Å²) >= 11 is 3.48. The number of carbonyl (C=O) groups excluding carboxylic acids is 2. The number of benzene rings is 1. The Morgan fingerprint density at radius 2 is 2.00 bits per heavy atom. The van der Waals surface area contributed by atoms with E-state index in [4.69, 9.17) is 0 Å². The largest absolute Gasteiger partial charge is 0.344 e. The van der Waals surface area contributed by atoms with E-state index in [1.165, 1.54) is 0 Å². The van der Waals surface area contributed by atoms with Crippen LogP contribution in [0.2, 0.25) is 0 Å². The van der Waals surface area contributed by atoms with Crippen LogP contribution in [0.4, 0.5) is 5.69 Å². The molecule has 2 amide bonds. The van der Waals surface area contributed by atoms with Gasteiger partial charge in [-0.05, 0) is 43.5 Å². The second kappa shape index (κ2) is 5.10. The van der Waals surface area contributed by atoms with Crippen molar-refractivity contribution in [3.8, 4) is 0 Å². The second-order valence-corrected chi connectivity index (χ2v) is 5.37. The number of hydrogen-bond donors (Lipinski definition) is 2. The van der Waals surface area contributed by atoms with E-state index in [-0.39, 0.29) is 11.8 Å². The van der Waals surface area contributed by atoms with Crippen LogP contribution in [0.1, 0.15) is 24.0 Å². The number of rotatable bonds is 2. The molecule has 96 valence electrons. The summed E-state index contributed by atoms with van der Waals surface area (Å²) in [5.41, 5.74) is 2.90. The Kier molecular flexibility index (Phi) is 3.71. The molecule has 0 aromatic heterocycles. The molecule has 2 rings (SSSR count). The van der Waals surface area contributed by atoms with Crippen LogP contribution in [0.5, 0.6) is 0 Å². The summed E-state index contributed by atoms with van der Waals surface area (Å²) in [5, 5.41) is 5.49. The van der Waals surface area contributed by atoms with E-state index >= 15 is 0 Å². The predicted molar refractivity (Wildman–Crippen MR) is 73.4 cm³/mol. The lowest BCUT2D eigenvalue weighted by molar-refractivity contribution is -0.122. The quantitative estimate of drug-likeness (QED) is 0.880. The lowest BCUT2D eigenvalue weighted by Crippen LogP contribution is -2.37. The van der Waals surface area contributed by atoms with Crippen molar-refractivity contribution in [3.05, 3.63) is 27.7 Å². The molecule has 1 aromatic carbocycles. The molecular formula is C13H15BrN2O2. The minimum absolute atomic E-state index is 0.0571. The molecule has 0 aliphatic carbocycles. The first-order chi connectivity index (χ1) is 8.47. The summed E-state index contributed by atoms with van der Waals surface area (Å²) in [6, 6.07) is 3.42. The van der Waals surface area contributed by atoms with Crippen LogP contribution in [-0.4, -0.2) is 17.9 Å². The molecular weight excluding hydrogens is 296 g/mol. The molecule has 1 aromatic rings. The highest BCUT2D eigenvalue weighted by atomic mass is 79.9. The first-order valence-electron chi connectivity index (χ1n) is 5.84. The van der Waals surface area contributed by atoms with Gasteiger partial charge in [-0.15, -0.1) is 0 Å². The van der Waals surface area contributed by atoms with Gasteiger partial charge in [0.15, 0.2) is 0 Å². The van der Waals surface area contributed by atoms with Crippen molar-refractivity contribution >= 4 is 33.4 Å². The third-order valence-corrected chi connectivity index (χ3v) is 4.27. The molecule has 4 nitrogen and oxygen atoms in total. The number of halogens is 1. The van der Waals surface area contributed by atoms with Crippen LogP contribution >= 0.6 is 15.9 Å². The molecule has 1 aliphatic heterocycles. The van der Waals surface area contributed by atoms with Gasteiger partial charge in [0.1, 0.15) is 6.04 Å². The maximum absolute atomic E-state index is 11.9. The zero-order valence-electron chi connectivity index (χ0n) is 10.3. The van der Waals surface area contributed by atoms with Crippen molar-refractivity contribution in [2.45, 2.75) is 32.7 Å². The molecule has 0 saturated carbocycles. The predicted octanol–water partition coefficient (Wildman–Crippen LogP) is 2.28. The van der Waals surface area contributed by atoms with Crippen LogP contribution in [0.25, 0.3) is 0 Å². The highest BCUT2D eigenvalue weighted by Gasteiger charge is 2.27. The molecule has 1 fully saturated rings. The SMILES string of the molecule is Cc1cc(NC(=O)[C@H]2CCC(=O)N2)cc(C)c1Br. The lowest BCUT2D eigenvalue weighted by atomic mass is 10.1. The number of nitrogens with one attached hydrogen (secondary N) is 2. The number of aryl methyl sites for hydroxylation is 2. The molecule has 1 heterocycles. The van der Waals surface area contributed by atoms with Gasteiger partial charge in [-0.2, -0.15) is 0 Å². The summed E-state index contributed by atoms with van der Waals surface area (Å²) in [6.07, 6.45) is 0.996. The monoisotopic (exact) mass is 310 g/mol. The van der Waals surface area contributed by atoms with Crippen molar-refractivity contribution in [3.63, 3.8) is 0 Å². The molecule has 2 N–H and O–H groups in total. The van der Waals surface area contributed by atoms with Crippen LogP contribution in [0.15, 0.2) is 16.6 Å². The van der Waals surface area contributed by atoms with Crippen molar-refractivity contribution < 1.29 is 9.59 Å². The topological polar surface area (TPSA) is 58.2 Å². The Hall–Kier alpha value is -1.36. The van der Waals surface area contributed by atoms with E-state index in [1.807, 2.05) is 26.0 Å². The summed E-state index contributed by atoms with van der Waals surface area (Å²) in [5.74, 6) is -0.208. The van der Waals surface area contributed by atoms with Gasteiger partial charge in [0.2, 0.25) is 11.8 Å². The summed E-state index contributed by atoms with van der Waals surface area (Å²) in [7, 11) is 0. The van der Waals surface area contributed by atoms with Crippen molar-refractivity contribution in [2.24, 2.45) is 0 Å². The van der Waals surface area contributed by atoms with E-state index in [9.17, 15) is 9.59 Å². The van der Waals surface area contributed by atoms with Crippen LogP contribution < -0.4 is 10.6 Å². The van der Waals surface area contributed by atoms with E-state index < -0.39 is 6.04 Å². The lowest BCUT2D eigenvalue weighted by Gasteiger charge is -2.13. The van der Waals surface area contributed by atoms with Gasteiger partial charge < -0.3 is 10.6 Å². The van der Waals surface area contributed by atoms with Crippen LogP contribution in [0, 0.1) is 13.8 Å². The van der Waals surface area contributed by atoms with Gasteiger partial charge in [-0.25, -0.2) is 0 Å². The standard InChI is InChI=1S/C13H15BrN2O2/c1-7-5-9(6-8(2)12(7)14)15-13(18)10-3-4-11(17)16-10/h5-6,10H,3-4H2,1-2H3,(H,15,18)(H,16,17)/t10-/m1/s1. The van der Waals surface area contributed by atoms with Crippen LogP contribution in [-0.2, 0) is 9.59 Å². The number of anilines is 1. The molecule has 1 saturated heterocycles. The van der Waals surface area contributed by atoms with E-state index in [1.54, 1.807) is 0 Å². The zero-order valence-corrected chi connectivity index (χ0v) is 11.9. The number of hydrogen-bond acceptors (Lipinski definition) is 2. The minimum atomic E-state index is -0.401. The van der Waals surface area contributed by atoms with Gasteiger partial charge in [-0.3, -0.25) is 9.59 Å². The average Bonchev–Trinajstić information content (AvgIpc) is 2.72. The second-order valence-electron chi connectivity index (χ2n) is 4.57. The normalized spacial score (nSPS) is 18.6. The third kappa shape index (κ3) is 2.72. The smallest absolute Gasteiger partial charge is 0.246 e. The Balaban J connectivity index is 2.10. The highest BCUT2D eigenvalue weighted by molar-refractivity contribution is 9.10. The van der Waals surface area contributed by atoms with Gasteiger partial charge >= 0.3 is 0 Å². The van der Waals surface area contributed by atoms with E-state index in [0.717, 1.165) is 21.3 Å². The molecule has 0 radical (unpaired) electrons. The van der Waals surface area contributed by atoms with Crippen molar-refractivity contribution in [1.29, 1.82) is 0 Å². The molecule has 18 heavy (non-hydrogen) atoms. The van der Waals surface area contributed by atoms with Gasteiger partial charge in [0.25, 0.3) is 0 Å². The van der Waals surface area contributed by atoms with Crippen molar-refractivity contribution in [1.82, 2.24) is 5.32 Å². The van der Waals surface area contributed by atoms with Crippen molar-refractivity contribution in [2.75, 3.05) is 5.32 Å². The Labute approximate surface area is 114 Å². The highest BCUT2D eigenvalue weighted by Crippen LogP contribution is 2.25. The van der Waals surface area contributed by atoms with Gasteiger partial charge in [0, 0.05) is 16.6 Å². The maximum Gasteiger partial charge on any atom is 0.246 e. The fourth-order valence-electron chi connectivity index (χ4n) is 2.06. The number of amides is 2. The Morgan fingerprint density at radius 3 is 2.50 bits per heavy atom. The third-order valence-electron chi connectivity index (χ3n) is 3.02. The Bertz CT molecular complexity index is 491. The summed E-state index contributed by atoms with van der Waals surface area (Å²) < 4.78 is 1.05. The summed E-state index contributed by atoms with van der Waals surface area (Å²) in [6.45, 7) is 3.95. The fraction of sp³-hybridized carbons (Fsp3) is 0.385. The van der Waals surface area contributed by atoms with E-state index in [2.05, 4.69) is 26.6 Å². The van der Waals surface area contributed by atoms with Gasteiger partial charge in [0.05, 0.1) is 0 Å². The fourth-order valence-corrected chi connectivity index (χ4v) is 2.29. The molecule has 1 aliphatic rings. The number of carbonyl (C=O) groups is 2. The maximum atomic E-state index is 11.9. The first kappa shape index (κ1) is 13.1. The Morgan fingerprint density at radius 1 is 1.39 bits per heavy atom. The molecule has 0 unspecified atom stereocenters. The molecule has 5 heteroatoms. The first-order valence-corrected chi connectivity index (χ1v) is 6.63. The zero-order chi connectivity index (χ0) is 13.3. The van der Waals surface area contributed by atoms with Gasteiger partial charge in [-0.1, -0.05) is 15.9 Å². The molecule has 0 spiro atoms. The molecule has 1 atom stereocenters.